The Balaban J connectivity index is 2.14. The van der Waals surface area contributed by atoms with Crippen molar-refractivity contribution in [2.45, 2.75) is 25.2 Å². The molecule has 0 atom stereocenters. The summed E-state index contributed by atoms with van der Waals surface area (Å²) in [5.41, 5.74) is -0.526. The molecule has 1 saturated carbocycles. The van der Waals surface area contributed by atoms with Crippen molar-refractivity contribution >= 4 is 22.5 Å². The molecule has 0 aliphatic heterocycles. The average Bonchev–Trinajstić information content (AvgIpc) is 3.40. The van der Waals surface area contributed by atoms with Gasteiger partial charge in [-0.2, -0.15) is 0 Å². The molecule has 4 rings (SSSR count). The fraction of sp³-hybridized carbons (Fsp3) is 0.222. The van der Waals surface area contributed by atoms with Crippen LogP contribution in [0.5, 0.6) is 0 Å². The van der Waals surface area contributed by atoms with Crippen molar-refractivity contribution < 1.29 is 8.78 Å². The summed E-state index contributed by atoms with van der Waals surface area (Å²) in [6, 6.07) is 11.0. The van der Waals surface area contributed by atoms with Crippen LogP contribution in [0.3, 0.4) is 0 Å². The number of fused-ring (bicyclic) bond motifs is 1. The first-order valence-corrected chi connectivity index (χ1v) is 8.04. The Kier molecular flexibility index (Phi) is 3.62. The van der Waals surface area contributed by atoms with E-state index < -0.39 is 17.7 Å². The van der Waals surface area contributed by atoms with Crippen LogP contribution in [-0.4, -0.2) is 9.55 Å². The first-order valence-electron chi connectivity index (χ1n) is 7.66. The minimum Gasteiger partial charge on any atom is -0.273 e. The average molecular weight is 361 g/mol. The van der Waals surface area contributed by atoms with Crippen LogP contribution in [0, 0.1) is 12.1 Å². The summed E-state index contributed by atoms with van der Waals surface area (Å²) in [5.74, 6) is 0.0300. The lowest BCUT2D eigenvalue weighted by atomic mass is 10.0. The molecule has 126 valence electrons. The maximum Gasteiger partial charge on any atom is 0.333 e. The van der Waals surface area contributed by atoms with E-state index in [1.807, 2.05) is 0 Å². The first-order chi connectivity index (χ1) is 12.0. The van der Waals surface area contributed by atoms with Crippen LogP contribution >= 0.6 is 11.6 Å². The van der Waals surface area contributed by atoms with Crippen molar-refractivity contribution in [2.75, 3.05) is 0 Å². The topological polar surface area (TPSA) is 54.9 Å². The fourth-order valence-corrected chi connectivity index (χ4v) is 3.22. The van der Waals surface area contributed by atoms with Gasteiger partial charge in [0.25, 0.3) is 12.0 Å². The van der Waals surface area contributed by atoms with Gasteiger partial charge in [0.1, 0.15) is 0 Å². The van der Waals surface area contributed by atoms with Crippen molar-refractivity contribution in [3.8, 4) is 5.69 Å². The number of H-pyrrole nitrogens is 1. The van der Waals surface area contributed by atoms with E-state index in [0.717, 1.165) is 12.8 Å². The smallest absolute Gasteiger partial charge is 0.273 e. The number of benzene rings is 1. The van der Waals surface area contributed by atoms with Gasteiger partial charge in [0.15, 0.2) is 0 Å². The Morgan fingerprint density at radius 1 is 1.20 bits per heavy atom. The van der Waals surface area contributed by atoms with Crippen LogP contribution in [0.4, 0.5) is 8.78 Å². The van der Waals surface area contributed by atoms with Crippen molar-refractivity contribution in [3.05, 3.63) is 73.4 Å². The normalized spacial score (nSPS) is 14.1. The monoisotopic (exact) mass is 360 g/mol. The van der Waals surface area contributed by atoms with E-state index in [9.17, 15) is 18.4 Å². The van der Waals surface area contributed by atoms with Gasteiger partial charge in [0, 0.05) is 17.7 Å². The molecule has 3 aromatic rings. The summed E-state index contributed by atoms with van der Waals surface area (Å²) in [5, 5.41) is 0.253. The van der Waals surface area contributed by atoms with Crippen LogP contribution in [-0.2, 0) is 0 Å². The Hall–Kier alpha value is -2.65. The maximum atomic E-state index is 13.4. The van der Waals surface area contributed by atoms with Crippen LogP contribution in [0.15, 0.2) is 33.9 Å². The summed E-state index contributed by atoms with van der Waals surface area (Å²) in [6.45, 7) is 0. The molecule has 1 aromatic heterocycles. The van der Waals surface area contributed by atoms with Crippen molar-refractivity contribution in [3.63, 3.8) is 0 Å². The predicted molar refractivity (Wildman–Crippen MR) is 89.8 cm³/mol. The zero-order chi connectivity index (χ0) is 17.7. The third-order valence-corrected chi connectivity index (χ3v) is 4.64. The molecule has 0 radical (unpaired) electrons. The van der Waals surface area contributed by atoms with Crippen molar-refractivity contribution in [2.24, 2.45) is 0 Å². The van der Waals surface area contributed by atoms with Gasteiger partial charge in [-0.05, 0) is 36.5 Å². The number of alkyl halides is 2. The zero-order valence-electron chi connectivity index (χ0n) is 12.8. The molecule has 4 nitrogen and oxygen atoms in total. The molecule has 0 bridgehead atoms. The number of halogens is 3. The summed E-state index contributed by atoms with van der Waals surface area (Å²) < 4.78 is 28.1. The summed E-state index contributed by atoms with van der Waals surface area (Å²) >= 11 is 6.14. The number of nitrogens with one attached hydrogen (secondary N) is 1. The van der Waals surface area contributed by atoms with E-state index in [1.165, 1.54) is 28.8 Å². The van der Waals surface area contributed by atoms with Gasteiger partial charge in [0.2, 0.25) is 0 Å². The lowest BCUT2D eigenvalue weighted by Gasteiger charge is -2.14. The molecule has 25 heavy (non-hydrogen) atoms. The quantitative estimate of drug-likeness (QED) is 0.773. The van der Waals surface area contributed by atoms with E-state index >= 15 is 0 Å². The second-order valence-electron chi connectivity index (χ2n) is 5.98. The van der Waals surface area contributed by atoms with Crippen LogP contribution in [0.1, 0.15) is 36.3 Å². The molecule has 0 spiro atoms. The molecule has 2 aromatic carbocycles. The molecule has 0 unspecified atom stereocenters. The molecule has 7 heteroatoms. The molecule has 1 N–H and O–H groups in total. The van der Waals surface area contributed by atoms with E-state index in [0.29, 0.717) is 11.3 Å². The van der Waals surface area contributed by atoms with Gasteiger partial charge in [-0.1, -0.05) is 23.7 Å². The molecule has 0 amide bonds. The number of hydrogen-bond donors (Lipinski definition) is 1. The lowest BCUT2D eigenvalue weighted by Crippen LogP contribution is -2.29. The SMILES string of the molecule is O=c1[nH]c(=O)n(-c2cc#ccc2Cl)c2cc(C3CC3)c(C(F)F)cc12. The van der Waals surface area contributed by atoms with Gasteiger partial charge in [-0.3, -0.25) is 14.3 Å². The molecule has 0 saturated heterocycles. The standard InChI is InChI=1S/C18H11ClF2N2O2/c19-13-3-1-2-4-14(13)23-15-8-10(9-5-6-9)11(16(20)21)7-12(15)17(24)22-18(23)25/h3-4,7-9,16H,5-6H2,(H,22,24,25). The number of rotatable bonds is 3. The van der Waals surface area contributed by atoms with Crippen LogP contribution < -0.4 is 11.2 Å². The van der Waals surface area contributed by atoms with Gasteiger partial charge in [-0.15, -0.1) is 0 Å². The van der Waals surface area contributed by atoms with E-state index in [1.54, 1.807) is 0 Å². The third-order valence-electron chi connectivity index (χ3n) is 4.34. The summed E-state index contributed by atoms with van der Waals surface area (Å²) in [4.78, 5) is 26.7. The summed E-state index contributed by atoms with van der Waals surface area (Å²) in [6.07, 6.45) is -1.07. The molecule has 1 aliphatic carbocycles. The van der Waals surface area contributed by atoms with Crippen LogP contribution in [0.2, 0.25) is 5.02 Å². The number of nitrogens with zero attached hydrogens (tertiary/aromatic N) is 1. The van der Waals surface area contributed by atoms with E-state index in [4.69, 9.17) is 11.6 Å². The van der Waals surface area contributed by atoms with Gasteiger partial charge in [0.05, 0.1) is 21.6 Å². The molecular weight excluding hydrogens is 350 g/mol. The summed E-state index contributed by atoms with van der Waals surface area (Å²) in [7, 11) is 0. The highest BCUT2D eigenvalue weighted by molar-refractivity contribution is 6.32. The zero-order valence-corrected chi connectivity index (χ0v) is 13.5. The number of hydrogen-bond acceptors (Lipinski definition) is 2. The maximum absolute atomic E-state index is 13.4. The van der Waals surface area contributed by atoms with E-state index in [-0.39, 0.29) is 27.4 Å². The highest BCUT2D eigenvalue weighted by Crippen LogP contribution is 2.44. The van der Waals surface area contributed by atoms with Crippen molar-refractivity contribution in [1.82, 2.24) is 9.55 Å². The Labute approximate surface area is 145 Å². The highest BCUT2D eigenvalue weighted by atomic mass is 35.5. The lowest BCUT2D eigenvalue weighted by molar-refractivity contribution is 0.150. The van der Waals surface area contributed by atoms with Gasteiger partial charge in [-0.25, -0.2) is 13.6 Å². The minimum absolute atomic E-state index is 0.0169. The number of aromatic amines is 1. The molecule has 1 fully saturated rings. The Morgan fingerprint density at radius 2 is 1.92 bits per heavy atom. The predicted octanol–water partition coefficient (Wildman–Crippen LogP) is 3.75. The van der Waals surface area contributed by atoms with E-state index in [2.05, 4.69) is 17.1 Å². The molecule has 1 heterocycles. The van der Waals surface area contributed by atoms with Gasteiger partial charge < -0.3 is 0 Å². The van der Waals surface area contributed by atoms with Gasteiger partial charge >= 0.3 is 5.69 Å². The van der Waals surface area contributed by atoms with Crippen LogP contribution in [0.25, 0.3) is 16.6 Å². The molecular formula is C18H11ClF2N2O2. The minimum atomic E-state index is -2.69. The largest absolute Gasteiger partial charge is 0.333 e. The molecule has 1 aliphatic rings. The fourth-order valence-electron chi connectivity index (χ4n) is 3.02. The second kappa shape index (κ2) is 5.71. The highest BCUT2D eigenvalue weighted by Gasteiger charge is 2.30. The number of aromatic nitrogens is 2. The first kappa shape index (κ1) is 15.9. The van der Waals surface area contributed by atoms with Crippen molar-refractivity contribution in [1.29, 1.82) is 0 Å². The Bertz CT molecular complexity index is 1100. The second-order valence-corrected chi connectivity index (χ2v) is 6.39. The third kappa shape index (κ3) is 2.61. The Morgan fingerprint density at radius 3 is 2.56 bits per heavy atom.